The van der Waals surface area contributed by atoms with Gasteiger partial charge in [-0.2, -0.15) is 0 Å². The van der Waals surface area contributed by atoms with Gasteiger partial charge in [0.25, 0.3) is 0 Å². The zero-order chi connectivity index (χ0) is 20.5. The largest absolute Gasteiger partial charge is 0.497 e. The Morgan fingerprint density at radius 3 is 2.00 bits per heavy atom. The monoisotopic (exact) mass is 383 g/mol. The molecule has 0 fully saturated rings. The van der Waals surface area contributed by atoms with Gasteiger partial charge >= 0.3 is 0 Å². The maximum atomic E-state index is 12.4. The van der Waals surface area contributed by atoms with Crippen molar-refractivity contribution in [2.75, 3.05) is 36.5 Å². The summed E-state index contributed by atoms with van der Waals surface area (Å²) in [5.41, 5.74) is 2.77. The van der Waals surface area contributed by atoms with Crippen LogP contribution in [0.5, 0.6) is 5.75 Å². The molecule has 0 saturated heterocycles. The lowest BCUT2D eigenvalue weighted by Gasteiger charge is -2.24. The average molecular weight is 383 g/mol. The summed E-state index contributed by atoms with van der Waals surface area (Å²) in [6.45, 7) is 7.89. The second kappa shape index (κ2) is 10.3. The van der Waals surface area contributed by atoms with Crippen LogP contribution in [0, 0.1) is 0 Å². The second-order valence-electron chi connectivity index (χ2n) is 6.42. The number of amides is 2. The Morgan fingerprint density at radius 2 is 1.50 bits per heavy atom. The van der Waals surface area contributed by atoms with E-state index >= 15 is 0 Å². The van der Waals surface area contributed by atoms with Crippen molar-refractivity contribution in [1.29, 1.82) is 0 Å². The molecule has 28 heavy (non-hydrogen) atoms. The van der Waals surface area contributed by atoms with Crippen molar-refractivity contribution in [3.05, 3.63) is 54.1 Å². The highest BCUT2D eigenvalue weighted by Crippen LogP contribution is 2.21. The number of ether oxygens (including phenoxy) is 1. The van der Waals surface area contributed by atoms with E-state index < -0.39 is 0 Å². The summed E-state index contributed by atoms with van der Waals surface area (Å²) in [4.78, 5) is 28.1. The fraction of sp³-hybridized carbons (Fsp3) is 0.364. The van der Waals surface area contributed by atoms with Crippen molar-refractivity contribution in [2.24, 2.45) is 0 Å². The van der Waals surface area contributed by atoms with E-state index in [-0.39, 0.29) is 18.4 Å². The molecule has 0 aliphatic heterocycles. The van der Waals surface area contributed by atoms with Gasteiger partial charge in [-0.1, -0.05) is 12.1 Å². The molecule has 150 valence electrons. The van der Waals surface area contributed by atoms with Crippen LogP contribution in [-0.2, 0) is 16.1 Å². The van der Waals surface area contributed by atoms with Crippen LogP contribution in [0.15, 0.2) is 48.5 Å². The smallest absolute Gasteiger partial charge is 0.240 e. The topological polar surface area (TPSA) is 61.9 Å². The van der Waals surface area contributed by atoms with Crippen LogP contribution in [-0.4, -0.2) is 38.6 Å². The molecule has 1 N–H and O–H groups in total. The number of nitrogens with one attached hydrogen (secondary N) is 1. The van der Waals surface area contributed by atoms with Gasteiger partial charge in [0, 0.05) is 37.9 Å². The van der Waals surface area contributed by atoms with E-state index in [1.54, 1.807) is 7.11 Å². The van der Waals surface area contributed by atoms with Crippen molar-refractivity contribution < 1.29 is 14.3 Å². The highest BCUT2D eigenvalue weighted by atomic mass is 16.5. The minimum atomic E-state index is -0.209. The summed E-state index contributed by atoms with van der Waals surface area (Å²) in [5.74, 6) is 0.389. The molecular weight excluding hydrogens is 354 g/mol. The molecule has 0 atom stereocenters. The maximum absolute atomic E-state index is 12.4. The Labute approximate surface area is 167 Å². The van der Waals surface area contributed by atoms with Gasteiger partial charge < -0.3 is 19.9 Å². The van der Waals surface area contributed by atoms with Crippen LogP contribution < -0.4 is 19.9 Å². The van der Waals surface area contributed by atoms with Gasteiger partial charge in [-0.15, -0.1) is 0 Å². The number of benzene rings is 2. The molecule has 2 aromatic carbocycles. The first-order valence-corrected chi connectivity index (χ1v) is 9.51. The van der Waals surface area contributed by atoms with Gasteiger partial charge in [-0.3, -0.25) is 9.59 Å². The molecule has 0 unspecified atom stereocenters. The van der Waals surface area contributed by atoms with Crippen LogP contribution >= 0.6 is 0 Å². The molecule has 2 rings (SSSR count). The van der Waals surface area contributed by atoms with Gasteiger partial charge in [0.1, 0.15) is 12.3 Å². The van der Waals surface area contributed by atoms with E-state index in [0.29, 0.717) is 12.2 Å². The Bertz CT molecular complexity index is 769. The average Bonchev–Trinajstić information content (AvgIpc) is 2.72. The van der Waals surface area contributed by atoms with Crippen molar-refractivity contribution in [3.63, 3.8) is 0 Å². The lowest BCUT2D eigenvalue weighted by molar-refractivity contribution is -0.123. The molecule has 0 saturated carbocycles. The first-order valence-electron chi connectivity index (χ1n) is 9.51. The molecule has 0 aliphatic rings. The highest BCUT2D eigenvalue weighted by molar-refractivity contribution is 5.97. The van der Waals surface area contributed by atoms with E-state index in [4.69, 9.17) is 4.74 Å². The lowest BCUT2D eigenvalue weighted by Crippen LogP contribution is -2.39. The van der Waals surface area contributed by atoms with E-state index in [2.05, 4.69) is 24.1 Å². The Kier molecular flexibility index (Phi) is 7.87. The summed E-state index contributed by atoms with van der Waals surface area (Å²) in [6, 6.07) is 15.2. The fourth-order valence-electron chi connectivity index (χ4n) is 2.96. The first kappa shape index (κ1) is 21.3. The van der Waals surface area contributed by atoms with E-state index in [1.807, 2.05) is 48.5 Å². The second-order valence-corrected chi connectivity index (χ2v) is 6.42. The van der Waals surface area contributed by atoms with Crippen LogP contribution in [0.25, 0.3) is 0 Å². The molecule has 0 aliphatic carbocycles. The summed E-state index contributed by atoms with van der Waals surface area (Å²) in [5, 5.41) is 2.86. The summed E-state index contributed by atoms with van der Waals surface area (Å²) in [6.07, 6.45) is 0. The molecule has 0 bridgehead atoms. The van der Waals surface area contributed by atoms with Crippen LogP contribution in [0.1, 0.15) is 26.3 Å². The number of hydrogen-bond acceptors (Lipinski definition) is 4. The lowest BCUT2D eigenvalue weighted by atomic mass is 10.2. The van der Waals surface area contributed by atoms with Gasteiger partial charge in [0.05, 0.1) is 7.11 Å². The third-order valence-electron chi connectivity index (χ3n) is 4.62. The Hall–Kier alpha value is -3.02. The van der Waals surface area contributed by atoms with Crippen LogP contribution in [0.3, 0.4) is 0 Å². The number of methoxy groups -OCH3 is 1. The van der Waals surface area contributed by atoms with Gasteiger partial charge in [0.2, 0.25) is 11.8 Å². The Morgan fingerprint density at radius 1 is 0.929 bits per heavy atom. The number of hydrogen-bond donors (Lipinski definition) is 1. The molecule has 6 heteroatoms. The molecule has 0 spiro atoms. The van der Waals surface area contributed by atoms with Crippen molar-refractivity contribution in [2.45, 2.75) is 27.3 Å². The normalized spacial score (nSPS) is 10.3. The predicted octanol–water partition coefficient (Wildman–Crippen LogP) is 3.21. The van der Waals surface area contributed by atoms with Gasteiger partial charge in [0.15, 0.2) is 0 Å². The summed E-state index contributed by atoms with van der Waals surface area (Å²) < 4.78 is 5.13. The van der Waals surface area contributed by atoms with Crippen molar-refractivity contribution >= 4 is 23.2 Å². The molecule has 6 nitrogen and oxygen atoms in total. The molecule has 0 heterocycles. The highest BCUT2D eigenvalue weighted by Gasteiger charge is 2.16. The van der Waals surface area contributed by atoms with Crippen LogP contribution in [0.2, 0.25) is 0 Å². The standard InChI is InChI=1S/C22H29N3O3/c1-5-24(6-2)19-9-11-20(12-10-19)25(17(3)26)16-22(27)23-15-18-7-13-21(28-4)14-8-18/h7-14H,5-6,15-16H2,1-4H3,(H,23,27). The summed E-state index contributed by atoms with van der Waals surface area (Å²) >= 11 is 0. The number of carbonyl (C=O) groups is 2. The third kappa shape index (κ3) is 5.74. The van der Waals surface area contributed by atoms with Gasteiger partial charge in [-0.25, -0.2) is 0 Å². The van der Waals surface area contributed by atoms with Crippen molar-refractivity contribution in [3.8, 4) is 5.75 Å². The molecular formula is C22H29N3O3. The predicted molar refractivity (Wildman–Crippen MR) is 113 cm³/mol. The van der Waals surface area contributed by atoms with E-state index in [1.165, 1.54) is 11.8 Å². The molecule has 2 aromatic rings. The van der Waals surface area contributed by atoms with Crippen LogP contribution in [0.4, 0.5) is 11.4 Å². The minimum absolute atomic E-state index is 0.0178. The fourth-order valence-corrected chi connectivity index (χ4v) is 2.96. The molecule has 2 amide bonds. The Balaban J connectivity index is 1.99. The van der Waals surface area contributed by atoms with Crippen molar-refractivity contribution in [1.82, 2.24) is 5.32 Å². The zero-order valence-electron chi connectivity index (χ0n) is 17.1. The number of carbonyl (C=O) groups excluding carboxylic acids is 2. The summed E-state index contributed by atoms with van der Waals surface area (Å²) in [7, 11) is 1.61. The third-order valence-corrected chi connectivity index (χ3v) is 4.62. The number of nitrogens with zero attached hydrogens (tertiary/aromatic N) is 2. The first-order chi connectivity index (χ1) is 13.5. The zero-order valence-corrected chi connectivity index (χ0v) is 17.1. The SMILES string of the molecule is CCN(CC)c1ccc(N(CC(=O)NCc2ccc(OC)cc2)C(C)=O)cc1. The minimum Gasteiger partial charge on any atom is -0.497 e. The van der Waals surface area contributed by atoms with E-state index in [0.717, 1.165) is 30.1 Å². The quantitative estimate of drug-likeness (QED) is 0.722. The van der Waals surface area contributed by atoms with E-state index in [9.17, 15) is 9.59 Å². The van der Waals surface area contributed by atoms with Gasteiger partial charge in [-0.05, 0) is 55.8 Å². The molecule has 0 aromatic heterocycles. The number of rotatable bonds is 9. The maximum Gasteiger partial charge on any atom is 0.240 e. The number of anilines is 2. The molecule has 0 radical (unpaired) electrons.